The van der Waals surface area contributed by atoms with E-state index in [-0.39, 0.29) is 5.91 Å². The lowest BCUT2D eigenvalue weighted by atomic mass is 10.2. The molecule has 0 radical (unpaired) electrons. The molecule has 34 heavy (non-hydrogen) atoms. The molecule has 0 aliphatic carbocycles. The summed E-state index contributed by atoms with van der Waals surface area (Å²) < 4.78 is 13.9. The van der Waals surface area contributed by atoms with Gasteiger partial charge in [0.15, 0.2) is 11.5 Å². The number of ether oxygens (including phenoxy) is 2. The predicted molar refractivity (Wildman–Crippen MR) is 138 cm³/mol. The third-order valence-electron chi connectivity index (χ3n) is 5.77. The van der Waals surface area contributed by atoms with Gasteiger partial charge in [0, 0.05) is 26.4 Å². The number of carbonyl (C=O) groups excluding carboxylic acids is 1. The lowest BCUT2D eigenvalue weighted by Gasteiger charge is -2.12. The molecule has 0 spiro atoms. The van der Waals surface area contributed by atoms with Gasteiger partial charge in [0.2, 0.25) is 5.91 Å². The van der Waals surface area contributed by atoms with Crippen LogP contribution < -0.4 is 14.8 Å². The van der Waals surface area contributed by atoms with Gasteiger partial charge in [0.1, 0.15) is 5.82 Å². The first kappa shape index (κ1) is 25.3. The summed E-state index contributed by atoms with van der Waals surface area (Å²) in [7, 11) is 1.67. The Morgan fingerprint density at radius 3 is 2.71 bits per heavy atom. The molecule has 2 aromatic carbocycles. The van der Waals surface area contributed by atoms with Gasteiger partial charge >= 0.3 is 0 Å². The number of hydrogen-bond donors (Lipinski definition) is 1. The van der Waals surface area contributed by atoms with Crippen LogP contribution in [-0.2, 0) is 17.8 Å². The molecule has 0 saturated carbocycles. The van der Waals surface area contributed by atoms with Gasteiger partial charge in [-0.3, -0.25) is 4.79 Å². The smallest absolute Gasteiger partial charge is 0.216 e. The first-order valence-corrected chi connectivity index (χ1v) is 12.2. The van der Waals surface area contributed by atoms with Crippen LogP contribution in [0.25, 0.3) is 17.1 Å². The number of aromatic nitrogens is 2. The molecule has 6 heteroatoms. The number of methoxy groups -OCH3 is 1. The number of imidazole rings is 1. The second-order valence-corrected chi connectivity index (χ2v) is 8.43. The molecule has 0 atom stereocenters. The van der Waals surface area contributed by atoms with Gasteiger partial charge in [0.05, 0.1) is 24.8 Å². The van der Waals surface area contributed by atoms with Crippen molar-refractivity contribution in [2.75, 3.05) is 20.3 Å². The van der Waals surface area contributed by atoms with E-state index in [9.17, 15) is 4.79 Å². The normalized spacial score (nSPS) is 11.3. The van der Waals surface area contributed by atoms with Crippen molar-refractivity contribution in [3.8, 4) is 11.5 Å². The third kappa shape index (κ3) is 7.37. The van der Waals surface area contributed by atoms with Crippen molar-refractivity contribution < 1.29 is 14.3 Å². The van der Waals surface area contributed by atoms with Crippen LogP contribution in [0.4, 0.5) is 0 Å². The van der Waals surface area contributed by atoms with Crippen LogP contribution in [0.5, 0.6) is 11.5 Å². The number of amides is 1. The largest absolute Gasteiger partial charge is 0.493 e. The summed E-state index contributed by atoms with van der Waals surface area (Å²) in [6.07, 6.45) is 10.1. The molecule has 0 bridgehead atoms. The minimum atomic E-state index is 0.0369. The second kappa shape index (κ2) is 13.4. The average molecular weight is 464 g/mol. The summed E-state index contributed by atoms with van der Waals surface area (Å²) in [4.78, 5) is 15.9. The van der Waals surface area contributed by atoms with Gasteiger partial charge in [-0.1, -0.05) is 36.8 Å². The fourth-order valence-electron chi connectivity index (χ4n) is 4.07. The summed E-state index contributed by atoms with van der Waals surface area (Å²) in [5.74, 6) is 2.72. The molecule has 6 nitrogen and oxygen atoms in total. The maximum absolute atomic E-state index is 11.0. The Hall–Kier alpha value is -3.28. The fraction of sp³-hybridized carbons (Fsp3) is 0.429. The van der Waals surface area contributed by atoms with Gasteiger partial charge in [-0.15, -0.1) is 0 Å². The first-order chi connectivity index (χ1) is 16.6. The van der Waals surface area contributed by atoms with E-state index in [1.165, 1.54) is 5.52 Å². The number of nitrogens with zero attached hydrogens (tertiary/aromatic N) is 2. The van der Waals surface area contributed by atoms with E-state index in [1.807, 2.05) is 43.3 Å². The predicted octanol–water partition coefficient (Wildman–Crippen LogP) is 5.79. The SMILES string of the molecule is C/C=C/c1ccc(OCCCCn2c(CCCCCNC(C)=O)nc3ccccc32)c(OC)c1. The molecule has 3 rings (SSSR count). The number of para-hydroxylation sites is 2. The topological polar surface area (TPSA) is 65.4 Å². The van der Waals surface area contributed by atoms with Crippen molar-refractivity contribution in [1.82, 2.24) is 14.9 Å². The molecule has 3 aromatic rings. The number of rotatable bonds is 14. The van der Waals surface area contributed by atoms with Crippen molar-refractivity contribution in [3.05, 3.63) is 59.9 Å². The number of nitrogens with one attached hydrogen (secondary N) is 1. The zero-order valence-electron chi connectivity index (χ0n) is 20.7. The van der Waals surface area contributed by atoms with E-state index in [2.05, 4.69) is 28.1 Å². The highest BCUT2D eigenvalue weighted by Gasteiger charge is 2.10. The summed E-state index contributed by atoms with van der Waals surface area (Å²) >= 11 is 0. The maximum atomic E-state index is 11.0. The van der Waals surface area contributed by atoms with Gasteiger partial charge in [-0.2, -0.15) is 0 Å². The Kier molecular flexibility index (Phi) is 10.0. The number of carbonyl (C=O) groups is 1. The fourth-order valence-corrected chi connectivity index (χ4v) is 4.07. The summed E-state index contributed by atoms with van der Waals surface area (Å²) in [5, 5.41) is 2.86. The average Bonchev–Trinajstić information content (AvgIpc) is 3.19. The quantitative estimate of drug-likeness (QED) is 0.308. The first-order valence-electron chi connectivity index (χ1n) is 12.2. The lowest BCUT2D eigenvalue weighted by molar-refractivity contribution is -0.118. The molecule has 182 valence electrons. The number of aryl methyl sites for hydroxylation is 2. The van der Waals surface area contributed by atoms with E-state index in [1.54, 1.807) is 14.0 Å². The molecule has 0 aliphatic heterocycles. The zero-order valence-corrected chi connectivity index (χ0v) is 20.7. The molecule has 1 N–H and O–H groups in total. The van der Waals surface area contributed by atoms with E-state index in [0.29, 0.717) is 6.61 Å². The van der Waals surface area contributed by atoms with Crippen molar-refractivity contribution in [3.63, 3.8) is 0 Å². The standard InChI is InChI=1S/C28H37N3O3/c1-4-12-23-16-17-26(27(21-23)33-3)34-20-11-10-19-31-25-14-8-7-13-24(25)30-28(31)15-6-5-9-18-29-22(2)32/h4,7-8,12-14,16-17,21H,5-6,9-11,15,18-20H2,1-3H3,(H,29,32)/b12-4+. The summed E-state index contributed by atoms with van der Waals surface area (Å²) in [5.41, 5.74) is 3.34. The van der Waals surface area contributed by atoms with Crippen molar-refractivity contribution in [1.29, 1.82) is 0 Å². The second-order valence-electron chi connectivity index (χ2n) is 8.43. The molecule has 0 aliphatic rings. The molecule has 1 heterocycles. The van der Waals surface area contributed by atoms with Crippen LogP contribution in [0, 0.1) is 0 Å². The number of fused-ring (bicyclic) bond motifs is 1. The minimum Gasteiger partial charge on any atom is -0.493 e. The van der Waals surface area contributed by atoms with Crippen LogP contribution >= 0.6 is 0 Å². The zero-order chi connectivity index (χ0) is 24.2. The van der Waals surface area contributed by atoms with Crippen LogP contribution in [0.15, 0.2) is 48.5 Å². The highest BCUT2D eigenvalue weighted by Crippen LogP contribution is 2.29. The molecule has 0 fully saturated rings. The molecular formula is C28H37N3O3. The van der Waals surface area contributed by atoms with Crippen LogP contribution in [0.1, 0.15) is 57.3 Å². The Morgan fingerprint density at radius 1 is 1.06 bits per heavy atom. The Labute approximate surface area is 203 Å². The Bertz CT molecular complexity index is 1090. The van der Waals surface area contributed by atoms with Crippen molar-refractivity contribution in [2.45, 2.75) is 58.9 Å². The molecule has 0 unspecified atom stereocenters. The Balaban J connectivity index is 1.51. The van der Waals surface area contributed by atoms with E-state index >= 15 is 0 Å². The minimum absolute atomic E-state index is 0.0369. The molecule has 0 saturated heterocycles. The highest BCUT2D eigenvalue weighted by atomic mass is 16.5. The van der Waals surface area contributed by atoms with Gasteiger partial charge in [-0.25, -0.2) is 4.98 Å². The van der Waals surface area contributed by atoms with Crippen molar-refractivity contribution >= 4 is 23.0 Å². The molecule has 1 aromatic heterocycles. The van der Waals surface area contributed by atoms with E-state index in [0.717, 1.165) is 80.0 Å². The van der Waals surface area contributed by atoms with Gasteiger partial charge < -0.3 is 19.4 Å². The van der Waals surface area contributed by atoms with Gasteiger partial charge in [0.25, 0.3) is 0 Å². The number of unbranched alkanes of at least 4 members (excludes halogenated alkanes) is 3. The number of allylic oxidation sites excluding steroid dienone is 1. The highest BCUT2D eigenvalue weighted by molar-refractivity contribution is 5.76. The van der Waals surface area contributed by atoms with Crippen molar-refractivity contribution in [2.24, 2.45) is 0 Å². The number of hydrogen-bond acceptors (Lipinski definition) is 4. The van der Waals surface area contributed by atoms with Gasteiger partial charge in [-0.05, 0) is 62.4 Å². The van der Waals surface area contributed by atoms with Crippen LogP contribution in [-0.4, -0.2) is 35.7 Å². The summed E-state index contributed by atoms with van der Waals surface area (Å²) in [6.45, 7) is 5.87. The van der Waals surface area contributed by atoms with E-state index < -0.39 is 0 Å². The molecular weight excluding hydrogens is 426 g/mol. The third-order valence-corrected chi connectivity index (χ3v) is 5.77. The Morgan fingerprint density at radius 2 is 1.91 bits per heavy atom. The monoisotopic (exact) mass is 463 g/mol. The van der Waals surface area contributed by atoms with E-state index in [4.69, 9.17) is 14.5 Å². The van der Waals surface area contributed by atoms with Crippen LogP contribution in [0.3, 0.4) is 0 Å². The maximum Gasteiger partial charge on any atom is 0.216 e. The number of benzene rings is 2. The molecule has 1 amide bonds. The summed E-state index contributed by atoms with van der Waals surface area (Å²) in [6, 6.07) is 14.4. The lowest BCUT2D eigenvalue weighted by Crippen LogP contribution is -2.20. The van der Waals surface area contributed by atoms with Crippen LogP contribution in [0.2, 0.25) is 0 Å².